The molecule has 1 aromatic carbocycles. The molecule has 1 rings (SSSR count). The molecule has 3 heteroatoms. The molecule has 3 nitrogen and oxygen atoms in total. The second-order valence-electron chi connectivity index (χ2n) is 4.78. The molecule has 96 valence electrons. The first-order chi connectivity index (χ1) is 8.18. The van der Waals surface area contributed by atoms with E-state index in [0.29, 0.717) is 0 Å². The Morgan fingerprint density at radius 2 is 1.59 bits per heavy atom. The van der Waals surface area contributed by atoms with Gasteiger partial charge in [0.15, 0.2) is 0 Å². The lowest BCUT2D eigenvalue weighted by Gasteiger charge is -2.17. The van der Waals surface area contributed by atoms with E-state index in [9.17, 15) is 0 Å². The Balaban J connectivity index is 2.07. The van der Waals surface area contributed by atoms with E-state index < -0.39 is 0 Å². The van der Waals surface area contributed by atoms with Gasteiger partial charge in [-0.1, -0.05) is 30.3 Å². The van der Waals surface area contributed by atoms with E-state index in [4.69, 9.17) is 0 Å². The van der Waals surface area contributed by atoms with Crippen LogP contribution >= 0.6 is 0 Å². The van der Waals surface area contributed by atoms with Crippen molar-refractivity contribution >= 4 is 0 Å². The van der Waals surface area contributed by atoms with Crippen molar-refractivity contribution < 1.29 is 0 Å². The van der Waals surface area contributed by atoms with Crippen LogP contribution in [0.4, 0.5) is 0 Å². The second kappa shape index (κ2) is 8.23. The van der Waals surface area contributed by atoms with Crippen molar-refractivity contribution in [2.45, 2.75) is 6.54 Å². The summed E-state index contributed by atoms with van der Waals surface area (Å²) < 4.78 is 0. The van der Waals surface area contributed by atoms with Gasteiger partial charge in [0, 0.05) is 32.7 Å². The van der Waals surface area contributed by atoms with Crippen LogP contribution in [0, 0.1) is 0 Å². The van der Waals surface area contributed by atoms with Gasteiger partial charge in [0.05, 0.1) is 0 Å². The fourth-order valence-electron chi connectivity index (χ4n) is 1.67. The third-order valence-electron chi connectivity index (χ3n) is 2.70. The molecule has 0 atom stereocenters. The lowest BCUT2D eigenvalue weighted by atomic mass is 10.2. The molecule has 0 saturated carbocycles. The molecule has 17 heavy (non-hydrogen) atoms. The van der Waals surface area contributed by atoms with E-state index in [1.165, 1.54) is 5.56 Å². The number of rotatable bonds is 8. The van der Waals surface area contributed by atoms with Gasteiger partial charge in [0.1, 0.15) is 0 Å². The fourth-order valence-corrected chi connectivity index (χ4v) is 1.67. The van der Waals surface area contributed by atoms with Crippen molar-refractivity contribution in [3.05, 3.63) is 35.9 Å². The molecule has 0 aliphatic carbocycles. The van der Waals surface area contributed by atoms with E-state index in [1.54, 1.807) is 0 Å². The normalized spacial score (nSPS) is 11.4. The molecule has 1 N–H and O–H groups in total. The monoisotopic (exact) mass is 235 g/mol. The smallest absolute Gasteiger partial charge is 0.0231 e. The Kier molecular flexibility index (Phi) is 6.86. The summed E-state index contributed by atoms with van der Waals surface area (Å²) in [6.07, 6.45) is 0. The maximum atomic E-state index is 3.45. The summed E-state index contributed by atoms with van der Waals surface area (Å²) in [5, 5.41) is 3.45. The van der Waals surface area contributed by atoms with Crippen LogP contribution in [-0.4, -0.2) is 57.1 Å². The van der Waals surface area contributed by atoms with E-state index in [0.717, 1.165) is 32.7 Å². The molecule has 0 aliphatic heterocycles. The molecule has 0 radical (unpaired) electrons. The highest BCUT2D eigenvalue weighted by molar-refractivity contribution is 5.14. The van der Waals surface area contributed by atoms with Gasteiger partial charge < -0.3 is 15.1 Å². The third kappa shape index (κ3) is 7.10. The van der Waals surface area contributed by atoms with Crippen LogP contribution in [0.2, 0.25) is 0 Å². The molecule has 0 aromatic heterocycles. The molecule has 0 heterocycles. The number of nitrogens with zero attached hydrogens (tertiary/aromatic N) is 2. The average molecular weight is 235 g/mol. The van der Waals surface area contributed by atoms with Gasteiger partial charge >= 0.3 is 0 Å². The fraction of sp³-hybridized carbons (Fsp3) is 0.571. The largest absolute Gasteiger partial charge is 0.314 e. The molecule has 0 spiro atoms. The minimum absolute atomic E-state index is 1.02. The Hall–Kier alpha value is -0.900. The first-order valence-corrected chi connectivity index (χ1v) is 6.26. The van der Waals surface area contributed by atoms with Gasteiger partial charge in [0.25, 0.3) is 0 Å². The van der Waals surface area contributed by atoms with Crippen molar-refractivity contribution in [1.82, 2.24) is 15.1 Å². The molecule has 0 aliphatic rings. The Morgan fingerprint density at radius 1 is 0.941 bits per heavy atom. The van der Waals surface area contributed by atoms with Crippen molar-refractivity contribution in [3.8, 4) is 0 Å². The van der Waals surface area contributed by atoms with Crippen LogP contribution in [0.3, 0.4) is 0 Å². The number of nitrogens with one attached hydrogen (secondary N) is 1. The lowest BCUT2D eigenvalue weighted by molar-refractivity contribution is 0.319. The summed E-state index contributed by atoms with van der Waals surface area (Å²) in [7, 11) is 6.37. The standard InChI is InChI=1S/C14H25N3/c1-16(2)11-9-15-10-12-17(3)13-14-7-5-4-6-8-14/h4-8,15H,9-13H2,1-3H3. The molecule has 0 unspecified atom stereocenters. The molecular formula is C14H25N3. The van der Waals surface area contributed by atoms with Gasteiger partial charge in [-0.05, 0) is 26.7 Å². The Morgan fingerprint density at radius 3 is 2.24 bits per heavy atom. The highest BCUT2D eigenvalue weighted by Gasteiger charge is 1.99. The van der Waals surface area contributed by atoms with Crippen molar-refractivity contribution in [3.63, 3.8) is 0 Å². The molecule has 0 fully saturated rings. The number of likely N-dealkylation sites (N-methyl/N-ethyl adjacent to an activating group) is 2. The van der Waals surface area contributed by atoms with Crippen molar-refractivity contribution in [1.29, 1.82) is 0 Å². The maximum Gasteiger partial charge on any atom is 0.0231 e. The van der Waals surface area contributed by atoms with Crippen LogP contribution < -0.4 is 5.32 Å². The van der Waals surface area contributed by atoms with E-state index >= 15 is 0 Å². The van der Waals surface area contributed by atoms with Gasteiger partial charge in [-0.3, -0.25) is 0 Å². The van der Waals surface area contributed by atoms with Crippen molar-refractivity contribution in [2.75, 3.05) is 47.3 Å². The lowest BCUT2D eigenvalue weighted by Crippen LogP contribution is -2.33. The summed E-state index contributed by atoms with van der Waals surface area (Å²) in [6.45, 7) is 5.32. The number of hydrogen-bond donors (Lipinski definition) is 1. The quantitative estimate of drug-likeness (QED) is 0.685. The van der Waals surface area contributed by atoms with Gasteiger partial charge in [0.2, 0.25) is 0 Å². The average Bonchev–Trinajstić information content (AvgIpc) is 2.29. The van der Waals surface area contributed by atoms with Crippen LogP contribution in [0.1, 0.15) is 5.56 Å². The van der Waals surface area contributed by atoms with E-state index in [2.05, 4.69) is 66.6 Å². The third-order valence-corrected chi connectivity index (χ3v) is 2.70. The summed E-state index contributed by atoms with van der Waals surface area (Å²) in [5.41, 5.74) is 1.38. The van der Waals surface area contributed by atoms with Crippen LogP contribution in [-0.2, 0) is 6.54 Å². The van der Waals surface area contributed by atoms with E-state index in [-0.39, 0.29) is 0 Å². The number of hydrogen-bond acceptors (Lipinski definition) is 3. The summed E-state index contributed by atoms with van der Waals surface area (Å²) in [5.74, 6) is 0. The first-order valence-electron chi connectivity index (χ1n) is 6.26. The van der Waals surface area contributed by atoms with E-state index in [1.807, 2.05) is 0 Å². The minimum Gasteiger partial charge on any atom is -0.314 e. The SMILES string of the molecule is CN(C)CCNCCN(C)Cc1ccccc1. The second-order valence-corrected chi connectivity index (χ2v) is 4.78. The summed E-state index contributed by atoms with van der Waals surface area (Å²) in [4.78, 5) is 4.54. The van der Waals surface area contributed by atoms with Crippen LogP contribution in [0.15, 0.2) is 30.3 Å². The summed E-state index contributed by atoms with van der Waals surface area (Å²) >= 11 is 0. The van der Waals surface area contributed by atoms with Crippen molar-refractivity contribution in [2.24, 2.45) is 0 Å². The summed E-state index contributed by atoms with van der Waals surface area (Å²) in [6, 6.07) is 10.6. The first kappa shape index (κ1) is 14.2. The van der Waals surface area contributed by atoms with Crippen LogP contribution in [0.25, 0.3) is 0 Å². The van der Waals surface area contributed by atoms with Gasteiger partial charge in [-0.2, -0.15) is 0 Å². The van der Waals surface area contributed by atoms with Gasteiger partial charge in [-0.25, -0.2) is 0 Å². The zero-order valence-electron chi connectivity index (χ0n) is 11.3. The molecular weight excluding hydrogens is 210 g/mol. The molecule has 0 bridgehead atoms. The zero-order valence-corrected chi connectivity index (χ0v) is 11.3. The predicted molar refractivity (Wildman–Crippen MR) is 74.2 cm³/mol. The highest BCUT2D eigenvalue weighted by atomic mass is 15.1. The van der Waals surface area contributed by atoms with Gasteiger partial charge in [-0.15, -0.1) is 0 Å². The zero-order chi connectivity index (χ0) is 12.5. The predicted octanol–water partition coefficient (Wildman–Crippen LogP) is 1.27. The maximum absolute atomic E-state index is 3.45. The highest BCUT2D eigenvalue weighted by Crippen LogP contribution is 2.01. The van der Waals surface area contributed by atoms with Crippen LogP contribution in [0.5, 0.6) is 0 Å². The molecule has 1 aromatic rings. The molecule has 0 amide bonds. The Bertz CT molecular complexity index is 285. The topological polar surface area (TPSA) is 18.5 Å². The Labute approximate surface area is 105 Å². The molecule has 0 saturated heterocycles. The minimum atomic E-state index is 1.02. The number of benzene rings is 1.